The van der Waals surface area contributed by atoms with Gasteiger partial charge in [0.25, 0.3) is 5.56 Å². The minimum atomic E-state index is -0.410. The minimum Gasteiger partial charge on any atom is -0.465 e. The molecular formula is C17H13BrN2O3. The van der Waals surface area contributed by atoms with E-state index in [0.717, 1.165) is 10.0 Å². The van der Waals surface area contributed by atoms with Crippen LogP contribution in [0.3, 0.4) is 0 Å². The third-order valence-corrected chi connectivity index (χ3v) is 3.99. The lowest BCUT2D eigenvalue weighted by molar-refractivity contribution is 0.0599. The molecule has 0 fully saturated rings. The van der Waals surface area contributed by atoms with Gasteiger partial charge in [0, 0.05) is 10.9 Å². The summed E-state index contributed by atoms with van der Waals surface area (Å²) in [6.07, 6.45) is 0.340. The Labute approximate surface area is 140 Å². The van der Waals surface area contributed by atoms with Crippen molar-refractivity contribution in [1.82, 2.24) is 9.97 Å². The molecule has 0 spiro atoms. The van der Waals surface area contributed by atoms with Crippen molar-refractivity contribution >= 4 is 32.8 Å². The number of hydrogen-bond acceptors (Lipinski definition) is 4. The average molecular weight is 373 g/mol. The summed E-state index contributed by atoms with van der Waals surface area (Å²) in [6.45, 7) is 0. The van der Waals surface area contributed by atoms with Gasteiger partial charge in [0.05, 0.1) is 23.6 Å². The first-order valence-corrected chi connectivity index (χ1v) is 7.72. The third-order valence-electron chi connectivity index (χ3n) is 3.50. The molecule has 0 aliphatic heterocycles. The summed E-state index contributed by atoms with van der Waals surface area (Å²) in [7, 11) is 1.34. The number of aromatic nitrogens is 2. The zero-order valence-electron chi connectivity index (χ0n) is 12.3. The van der Waals surface area contributed by atoms with Crippen LogP contribution in [-0.2, 0) is 11.2 Å². The maximum Gasteiger partial charge on any atom is 0.338 e. The molecule has 23 heavy (non-hydrogen) atoms. The van der Waals surface area contributed by atoms with Crippen LogP contribution in [0.5, 0.6) is 0 Å². The highest BCUT2D eigenvalue weighted by Crippen LogP contribution is 2.17. The number of benzene rings is 2. The van der Waals surface area contributed by atoms with Crippen molar-refractivity contribution in [2.75, 3.05) is 7.11 Å². The Morgan fingerprint density at radius 1 is 1.26 bits per heavy atom. The Balaban J connectivity index is 2.05. The lowest BCUT2D eigenvalue weighted by Gasteiger charge is -2.08. The number of methoxy groups -OCH3 is 1. The standard InChI is InChI=1S/C17H13BrN2O3/c1-23-17(22)12-5-3-2-4-10(12)8-15-19-14-7-6-11(18)9-13(14)16(21)20-15/h2-7,9H,8H2,1H3,(H,19,20,21). The number of aromatic amines is 1. The van der Waals surface area contributed by atoms with Crippen molar-refractivity contribution in [1.29, 1.82) is 0 Å². The zero-order valence-corrected chi connectivity index (χ0v) is 13.9. The normalized spacial score (nSPS) is 10.7. The summed E-state index contributed by atoms with van der Waals surface area (Å²) in [5.41, 5.74) is 1.62. The highest BCUT2D eigenvalue weighted by Gasteiger charge is 2.13. The summed E-state index contributed by atoms with van der Waals surface area (Å²) >= 11 is 3.34. The number of nitrogens with zero attached hydrogens (tertiary/aromatic N) is 1. The number of carbonyl (C=O) groups is 1. The molecule has 0 radical (unpaired) electrons. The van der Waals surface area contributed by atoms with E-state index in [1.165, 1.54) is 7.11 Å². The van der Waals surface area contributed by atoms with E-state index in [4.69, 9.17) is 4.74 Å². The van der Waals surface area contributed by atoms with E-state index in [9.17, 15) is 9.59 Å². The Kier molecular flexibility index (Phi) is 4.25. The molecule has 0 aliphatic carbocycles. The molecule has 116 valence electrons. The van der Waals surface area contributed by atoms with Crippen molar-refractivity contribution < 1.29 is 9.53 Å². The molecule has 0 saturated carbocycles. The van der Waals surface area contributed by atoms with Crippen LogP contribution in [-0.4, -0.2) is 23.0 Å². The van der Waals surface area contributed by atoms with Gasteiger partial charge >= 0.3 is 5.97 Å². The molecule has 0 bridgehead atoms. The van der Waals surface area contributed by atoms with E-state index in [1.807, 2.05) is 18.2 Å². The Bertz CT molecular complexity index is 950. The quantitative estimate of drug-likeness (QED) is 0.717. The monoisotopic (exact) mass is 372 g/mol. The Morgan fingerprint density at radius 2 is 2.04 bits per heavy atom. The summed E-state index contributed by atoms with van der Waals surface area (Å²) in [4.78, 5) is 31.3. The first kappa shape index (κ1) is 15.4. The van der Waals surface area contributed by atoms with Crippen LogP contribution in [0.1, 0.15) is 21.7 Å². The highest BCUT2D eigenvalue weighted by molar-refractivity contribution is 9.10. The number of H-pyrrole nitrogens is 1. The fourth-order valence-corrected chi connectivity index (χ4v) is 2.77. The van der Waals surface area contributed by atoms with Gasteiger partial charge in [0.2, 0.25) is 0 Å². The first-order valence-electron chi connectivity index (χ1n) is 6.93. The van der Waals surface area contributed by atoms with Crippen LogP contribution in [0.25, 0.3) is 10.9 Å². The van der Waals surface area contributed by atoms with Gasteiger partial charge in [-0.25, -0.2) is 9.78 Å². The van der Waals surface area contributed by atoms with Gasteiger partial charge in [0.15, 0.2) is 0 Å². The molecule has 5 nitrogen and oxygen atoms in total. The second-order valence-corrected chi connectivity index (χ2v) is 5.92. The summed E-state index contributed by atoms with van der Waals surface area (Å²) in [6, 6.07) is 12.5. The van der Waals surface area contributed by atoms with Gasteiger partial charge in [-0.1, -0.05) is 34.1 Å². The molecule has 0 atom stereocenters. The zero-order chi connectivity index (χ0) is 16.4. The number of nitrogens with one attached hydrogen (secondary N) is 1. The van der Waals surface area contributed by atoms with Gasteiger partial charge in [-0.3, -0.25) is 4.79 Å². The van der Waals surface area contributed by atoms with E-state index >= 15 is 0 Å². The first-order chi connectivity index (χ1) is 11.1. The molecule has 2 aromatic carbocycles. The summed E-state index contributed by atoms with van der Waals surface area (Å²) in [5.74, 6) is 0.0915. The molecule has 0 aliphatic rings. The number of esters is 1. The Hall–Kier alpha value is -2.47. The van der Waals surface area contributed by atoms with E-state index in [2.05, 4.69) is 25.9 Å². The molecule has 3 rings (SSSR count). The van der Waals surface area contributed by atoms with Gasteiger partial charge in [-0.15, -0.1) is 0 Å². The van der Waals surface area contributed by atoms with Crippen LogP contribution < -0.4 is 5.56 Å². The maximum atomic E-state index is 12.2. The van der Waals surface area contributed by atoms with Gasteiger partial charge in [-0.2, -0.15) is 0 Å². The number of carbonyl (C=O) groups excluding carboxylic acids is 1. The number of halogens is 1. The smallest absolute Gasteiger partial charge is 0.338 e. The maximum absolute atomic E-state index is 12.2. The molecule has 1 aromatic heterocycles. The van der Waals surface area contributed by atoms with Crippen LogP contribution in [0, 0.1) is 0 Å². The predicted octanol–water partition coefficient (Wildman–Crippen LogP) is 3.06. The lowest BCUT2D eigenvalue weighted by Crippen LogP contribution is -2.13. The number of ether oxygens (including phenoxy) is 1. The van der Waals surface area contributed by atoms with Crippen LogP contribution >= 0.6 is 15.9 Å². The molecule has 6 heteroatoms. The van der Waals surface area contributed by atoms with Gasteiger partial charge in [0.1, 0.15) is 5.82 Å². The largest absolute Gasteiger partial charge is 0.465 e. The lowest BCUT2D eigenvalue weighted by atomic mass is 10.0. The topological polar surface area (TPSA) is 72.0 Å². The third kappa shape index (κ3) is 3.17. The fraction of sp³-hybridized carbons (Fsp3) is 0.118. The fourth-order valence-electron chi connectivity index (χ4n) is 2.41. The molecule has 0 amide bonds. The van der Waals surface area contributed by atoms with E-state index in [1.54, 1.807) is 24.3 Å². The SMILES string of the molecule is COC(=O)c1ccccc1Cc1nc2ccc(Br)cc2c(=O)[nH]1. The van der Waals surface area contributed by atoms with Crippen molar-refractivity contribution in [2.24, 2.45) is 0 Å². The van der Waals surface area contributed by atoms with Crippen molar-refractivity contribution in [2.45, 2.75) is 6.42 Å². The molecule has 1 heterocycles. The summed E-state index contributed by atoms with van der Waals surface area (Å²) in [5, 5.41) is 0.518. The van der Waals surface area contributed by atoms with Crippen LogP contribution in [0.2, 0.25) is 0 Å². The van der Waals surface area contributed by atoms with E-state index in [0.29, 0.717) is 28.7 Å². The van der Waals surface area contributed by atoms with Crippen molar-refractivity contribution in [3.05, 3.63) is 74.2 Å². The van der Waals surface area contributed by atoms with Crippen LogP contribution in [0.4, 0.5) is 0 Å². The number of rotatable bonds is 3. The predicted molar refractivity (Wildman–Crippen MR) is 90.7 cm³/mol. The number of hydrogen-bond donors (Lipinski definition) is 1. The van der Waals surface area contributed by atoms with E-state index in [-0.39, 0.29) is 5.56 Å². The molecule has 1 N–H and O–H groups in total. The molecular weight excluding hydrogens is 360 g/mol. The van der Waals surface area contributed by atoms with Crippen molar-refractivity contribution in [3.8, 4) is 0 Å². The van der Waals surface area contributed by atoms with Gasteiger partial charge < -0.3 is 9.72 Å². The molecule has 0 saturated heterocycles. The second kappa shape index (κ2) is 6.34. The molecule has 3 aromatic rings. The average Bonchev–Trinajstić information content (AvgIpc) is 2.55. The van der Waals surface area contributed by atoms with Crippen molar-refractivity contribution in [3.63, 3.8) is 0 Å². The second-order valence-electron chi connectivity index (χ2n) is 5.00. The van der Waals surface area contributed by atoms with Gasteiger partial charge in [-0.05, 0) is 29.8 Å². The Morgan fingerprint density at radius 3 is 2.83 bits per heavy atom. The summed E-state index contributed by atoms with van der Waals surface area (Å²) < 4.78 is 5.61. The minimum absolute atomic E-state index is 0.207. The number of fused-ring (bicyclic) bond motifs is 1. The molecule has 0 unspecified atom stereocenters. The van der Waals surface area contributed by atoms with E-state index < -0.39 is 5.97 Å². The highest BCUT2D eigenvalue weighted by atomic mass is 79.9. The van der Waals surface area contributed by atoms with Crippen LogP contribution in [0.15, 0.2) is 51.7 Å².